The first kappa shape index (κ1) is 22.7. The Morgan fingerprint density at radius 3 is 2.58 bits per heavy atom. The average molecular weight is 450 g/mol. The lowest BCUT2D eigenvalue weighted by Crippen LogP contribution is -2.55. The Kier molecular flexibility index (Phi) is 6.05. The molecule has 8 nitrogen and oxygen atoms in total. The molecule has 2 aromatic rings. The largest absolute Gasteiger partial charge is 0.441 e. The van der Waals surface area contributed by atoms with Crippen molar-refractivity contribution in [1.82, 2.24) is 0 Å². The molecule has 1 unspecified atom stereocenters. The van der Waals surface area contributed by atoms with Crippen LogP contribution < -0.4 is 9.80 Å². The Morgan fingerprint density at radius 2 is 1.94 bits per heavy atom. The standard InChI is InChI=1S/C25H26N2O6/c1-16(8-6-7-13-28)25(32)20-14-19(27-22(30)15-23(27)33-17(2)29)11-12-21(20)26(24(25)31)18-9-4-3-5-10-18/h3-6,8-12,14,16,23,28,32H,7,13,15H2,1-2H3/b8-6+/t16-,23?,25+/m0/s1. The maximum atomic E-state index is 13.6. The summed E-state index contributed by atoms with van der Waals surface area (Å²) in [5.74, 6) is -1.84. The maximum Gasteiger partial charge on any atom is 0.304 e. The Bertz CT molecular complexity index is 1120. The van der Waals surface area contributed by atoms with Crippen LogP contribution in [0.5, 0.6) is 0 Å². The number of rotatable bonds is 7. The molecule has 0 spiro atoms. The van der Waals surface area contributed by atoms with E-state index in [1.165, 1.54) is 16.7 Å². The average Bonchev–Trinajstić information content (AvgIpc) is 3.01. The van der Waals surface area contributed by atoms with Crippen LogP contribution in [0.1, 0.15) is 32.3 Å². The lowest BCUT2D eigenvalue weighted by molar-refractivity contribution is -0.153. The van der Waals surface area contributed by atoms with Gasteiger partial charge >= 0.3 is 5.97 Å². The molecule has 4 rings (SSSR count). The number of aliphatic hydroxyl groups excluding tert-OH is 1. The van der Waals surface area contributed by atoms with Gasteiger partial charge in [0, 0.05) is 36.4 Å². The van der Waals surface area contributed by atoms with E-state index < -0.39 is 29.6 Å². The molecule has 0 radical (unpaired) electrons. The minimum atomic E-state index is -1.89. The number of nitrogens with zero attached hydrogens (tertiary/aromatic N) is 2. The van der Waals surface area contributed by atoms with Crippen molar-refractivity contribution >= 4 is 34.8 Å². The second kappa shape index (κ2) is 8.80. The van der Waals surface area contributed by atoms with Gasteiger partial charge in [-0.1, -0.05) is 37.3 Å². The summed E-state index contributed by atoms with van der Waals surface area (Å²) in [6.07, 6.45) is 3.19. The van der Waals surface area contributed by atoms with Crippen molar-refractivity contribution in [2.45, 2.75) is 38.5 Å². The molecule has 33 heavy (non-hydrogen) atoms. The molecule has 172 valence electrons. The third kappa shape index (κ3) is 3.81. The number of fused-ring (bicyclic) bond motifs is 1. The maximum absolute atomic E-state index is 13.6. The summed E-state index contributed by atoms with van der Waals surface area (Å²) in [6.45, 7) is 2.97. The molecule has 2 aromatic carbocycles. The predicted octanol–water partition coefficient (Wildman–Crippen LogP) is 2.75. The predicted molar refractivity (Wildman–Crippen MR) is 122 cm³/mol. The highest BCUT2D eigenvalue weighted by Gasteiger charge is 2.53. The van der Waals surface area contributed by atoms with Crippen molar-refractivity contribution in [3.63, 3.8) is 0 Å². The summed E-state index contributed by atoms with van der Waals surface area (Å²) in [5, 5.41) is 20.9. The number of ether oxygens (including phenoxy) is 1. The number of carbonyl (C=O) groups excluding carboxylic acids is 3. The van der Waals surface area contributed by atoms with Gasteiger partial charge in [0.15, 0.2) is 11.8 Å². The van der Waals surface area contributed by atoms with Crippen molar-refractivity contribution in [3.8, 4) is 0 Å². The number of amides is 2. The highest BCUT2D eigenvalue weighted by molar-refractivity contribution is 6.13. The number of hydrogen-bond donors (Lipinski definition) is 2. The van der Waals surface area contributed by atoms with Crippen molar-refractivity contribution in [3.05, 3.63) is 66.2 Å². The van der Waals surface area contributed by atoms with E-state index in [9.17, 15) is 19.5 Å². The van der Waals surface area contributed by atoms with Crippen LogP contribution in [0.15, 0.2) is 60.7 Å². The molecule has 0 bridgehead atoms. The van der Waals surface area contributed by atoms with Gasteiger partial charge in [0.1, 0.15) is 0 Å². The highest BCUT2D eigenvalue weighted by atomic mass is 16.6. The van der Waals surface area contributed by atoms with Crippen molar-refractivity contribution < 1.29 is 29.3 Å². The summed E-state index contributed by atoms with van der Waals surface area (Å²) in [5.41, 5.74) is 0.0201. The van der Waals surface area contributed by atoms with Gasteiger partial charge in [-0.05, 0) is 36.8 Å². The molecular weight excluding hydrogens is 424 g/mol. The van der Waals surface area contributed by atoms with Crippen molar-refractivity contribution in [2.75, 3.05) is 16.4 Å². The first-order chi connectivity index (χ1) is 15.8. The van der Waals surface area contributed by atoms with E-state index in [1.54, 1.807) is 61.5 Å². The number of aliphatic hydroxyl groups is 2. The quantitative estimate of drug-likeness (QED) is 0.382. The Morgan fingerprint density at radius 1 is 1.21 bits per heavy atom. The zero-order valence-electron chi connectivity index (χ0n) is 18.5. The topological polar surface area (TPSA) is 107 Å². The van der Waals surface area contributed by atoms with Gasteiger partial charge in [-0.3, -0.25) is 24.2 Å². The fourth-order valence-corrected chi connectivity index (χ4v) is 4.34. The molecule has 2 heterocycles. The van der Waals surface area contributed by atoms with E-state index in [1.807, 2.05) is 6.07 Å². The van der Waals surface area contributed by atoms with Gasteiger partial charge in [0.05, 0.1) is 12.1 Å². The van der Waals surface area contributed by atoms with Crippen LogP contribution in [0.25, 0.3) is 0 Å². The Balaban J connectivity index is 1.81. The normalized spacial score (nSPS) is 23.0. The molecule has 0 saturated carbocycles. The summed E-state index contributed by atoms with van der Waals surface area (Å²) < 4.78 is 5.21. The van der Waals surface area contributed by atoms with Gasteiger partial charge in [0.2, 0.25) is 5.91 Å². The number of anilines is 3. The molecule has 2 amide bonds. The first-order valence-electron chi connectivity index (χ1n) is 10.8. The summed E-state index contributed by atoms with van der Waals surface area (Å²) >= 11 is 0. The minimum Gasteiger partial charge on any atom is -0.441 e. The van der Waals surface area contributed by atoms with Crippen LogP contribution in [-0.4, -0.2) is 40.8 Å². The van der Waals surface area contributed by atoms with Crippen LogP contribution in [0.3, 0.4) is 0 Å². The molecule has 3 atom stereocenters. The molecule has 8 heteroatoms. The van der Waals surface area contributed by atoms with Crippen LogP contribution in [0, 0.1) is 5.92 Å². The van der Waals surface area contributed by atoms with E-state index in [0.29, 0.717) is 29.0 Å². The molecule has 0 aliphatic carbocycles. The zero-order chi connectivity index (χ0) is 23.8. The SMILES string of the molecule is CC(=O)OC1CC(=O)N1c1ccc2c(c1)[C@](O)([C@@H](C)/C=C/CCO)C(=O)N2c1ccccc1. The van der Waals surface area contributed by atoms with E-state index >= 15 is 0 Å². The van der Waals surface area contributed by atoms with Gasteiger partial charge in [-0.25, -0.2) is 0 Å². The van der Waals surface area contributed by atoms with Gasteiger partial charge in [0.25, 0.3) is 5.91 Å². The van der Waals surface area contributed by atoms with Gasteiger partial charge in [-0.2, -0.15) is 0 Å². The fraction of sp³-hybridized carbons (Fsp3) is 0.320. The minimum absolute atomic E-state index is 0.0406. The van der Waals surface area contributed by atoms with Crippen LogP contribution >= 0.6 is 0 Å². The van der Waals surface area contributed by atoms with E-state index in [4.69, 9.17) is 9.84 Å². The molecule has 0 aromatic heterocycles. The number of β-lactam (4-membered cyclic amide) rings is 1. The molecule has 1 saturated heterocycles. The van der Waals surface area contributed by atoms with Crippen LogP contribution in [-0.2, 0) is 24.7 Å². The third-order valence-corrected chi connectivity index (χ3v) is 6.04. The third-order valence-electron chi connectivity index (χ3n) is 6.04. The van der Waals surface area contributed by atoms with Crippen molar-refractivity contribution in [1.29, 1.82) is 0 Å². The summed E-state index contributed by atoms with van der Waals surface area (Å²) in [7, 11) is 0. The Hall–Kier alpha value is -3.49. The zero-order valence-corrected chi connectivity index (χ0v) is 18.5. The highest BCUT2D eigenvalue weighted by Crippen LogP contribution is 2.50. The number of hydrogen-bond acceptors (Lipinski definition) is 6. The Labute approximate surface area is 191 Å². The van der Waals surface area contributed by atoms with Gasteiger partial charge in [-0.15, -0.1) is 0 Å². The summed E-state index contributed by atoms with van der Waals surface area (Å²) in [4.78, 5) is 40.2. The second-order valence-corrected chi connectivity index (χ2v) is 8.21. The smallest absolute Gasteiger partial charge is 0.304 e. The molecular formula is C25H26N2O6. The van der Waals surface area contributed by atoms with Crippen molar-refractivity contribution in [2.24, 2.45) is 5.92 Å². The summed E-state index contributed by atoms with van der Waals surface area (Å²) in [6, 6.07) is 14.0. The van der Waals surface area contributed by atoms with E-state index in [2.05, 4.69) is 0 Å². The first-order valence-corrected chi connectivity index (χ1v) is 10.8. The fourth-order valence-electron chi connectivity index (χ4n) is 4.34. The molecule has 1 fully saturated rings. The molecule has 2 aliphatic heterocycles. The number of para-hydroxylation sites is 1. The van der Waals surface area contributed by atoms with E-state index in [-0.39, 0.29) is 18.9 Å². The van der Waals surface area contributed by atoms with E-state index in [0.717, 1.165) is 0 Å². The second-order valence-electron chi connectivity index (χ2n) is 8.21. The number of carbonyl (C=O) groups is 3. The number of benzene rings is 2. The lowest BCUT2D eigenvalue weighted by atomic mass is 9.82. The molecule has 2 aliphatic rings. The number of esters is 1. The van der Waals surface area contributed by atoms with Gasteiger partial charge < -0.3 is 14.9 Å². The van der Waals surface area contributed by atoms with Crippen LogP contribution in [0.4, 0.5) is 17.1 Å². The molecule has 2 N–H and O–H groups in total. The van der Waals surface area contributed by atoms with Crippen LogP contribution in [0.2, 0.25) is 0 Å². The monoisotopic (exact) mass is 450 g/mol. The lowest BCUT2D eigenvalue weighted by Gasteiger charge is -2.39.